The van der Waals surface area contributed by atoms with Crippen LogP contribution in [-0.4, -0.2) is 17.4 Å². The number of rotatable bonds is 4. The van der Waals surface area contributed by atoms with Crippen LogP contribution in [0.2, 0.25) is 0 Å². The highest BCUT2D eigenvalue weighted by molar-refractivity contribution is 5.92. The van der Waals surface area contributed by atoms with Crippen LogP contribution in [0, 0.1) is 11.8 Å². The van der Waals surface area contributed by atoms with Gasteiger partial charge in [0.25, 0.3) is 5.91 Å². The van der Waals surface area contributed by atoms with Gasteiger partial charge in [0.15, 0.2) is 0 Å². The van der Waals surface area contributed by atoms with Gasteiger partial charge < -0.3 is 10.7 Å². The van der Waals surface area contributed by atoms with Crippen molar-refractivity contribution in [1.82, 2.24) is 10.3 Å². The number of nitrogens with zero attached hydrogens (tertiary/aromatic N) is 1. The molecule has 104 valence electrons. The Bertz CT molecular complexity index is 418. The summed E-state index contributed by atoms with van der Waals surface area (Å²) in [5.74, 6) is 6.54. The van der Waals surface area contributed by atoms with E-state index in [9.17, 15) is 4.79 Å². The van der Waals surface area contributed by atoms with Gasteiger partial charge >= 0.3 is 0 Å². The number of hydrazine groups is 1. The largest absolute Gasteiger partial charge is 0.350 e. The summed E-state index contributed by atoms with van der Waals surface area (Å²) in [4.78, 5) is 16.0. The number of carbonyl (C=O) groups is 1. The molecule has 2 rings (SSSR count). The Balaban J connectivity index is 1.83. The molecule has 1 fully saturated rings. The third kappa shape index (κ3) is 3.92. The summed E-state index contributed by atoms with van der Waals surface area (Å²) in [6.07, 6.45) is 6.58. The standard InChI is InChI=1S/C14H22N4O/c1-10-3-2-4-11(7-10)8-17-14(19)13-6-5-12(18-15)9-16-13/h5-6,9-11,18H,2-4,7-8,15H2,1H3,(H,17,19). The minimum atomic E-state index is -0.109. The zero-order chi connectivity index (χ0) is 13.7. The SMILES string of the molecule is CC1CCCC(CNC(=O)c2ccc(NN)cn2)C1. The van der Waals surface area contributed by atoms with Crippen LogP contribution in [0.1, 0.15) is 43.1 Å². The van der Waals surface area contributed by atoms with E-state index in [4.69, 9.17) is 5.84 Å². The molecule has 19 heavy (non-hydrogen) atoms. The fourth-order valence-electron chi connectivity index (χ4n) is 2.69. The lowest BCUT2D eigenvalue weighted by molar-refractivity contribution is 0.0935. The van der Waals surface area contributed by atoms with Gasteiger partial charge in [-0.25, -0.2) is 4.98 Å². The molecule has 0 spiro atoms. The Morgan fingerprint density at radius 3 is 2.95 bits per heavy atom. The predicted molar refractivity (Wildman–Crippen MR) is 75.5 cm³/mol. The van der Waals surface area contributed by atoms with E-state index in [0.29, 0.717) is 17.3 Å². The molecule has 1 saturated carbocycles. The van der Waals surface area contributed by atoms with E-state index in [-0.39, 0.29) is 5.91 Å². The highest BCUT2D eigenvalue weighted by Gasteiger charge is 2.19. The van der Waals surface area contributed by atoms with Crippen LogP contribution in [0.5, 0.6) is 0 Å². The van der Waals surface area contributed by atoms with Crippen molar-refractivity contribution in [1.29, 1.82) is 0 Å². The number of amides is 1. The monoisotopic (exact) mass is 262 g/mol. The normalized spacial score (nSPS) is 22.8. The van der Waals surface area contributed by atoms with Crippen LogP contribution in [0.4, 0.5) is 5.69 Å². The Morgan fingerprint density at radius 2 is 2.32 bits per heavy atom. The molecule has 0 saturated heterocycles. The first-order valence-corrected chi connectivity index (χ1v) is 6.90. The van der Waals surface area contributed by atoms with Crippen molar-refractivity contribution in [2.45, 2.75) is 32.6 Å². The lowest BCUT2D eigenvalue weighted by Gasteiger charge is -2.26. The van der Waals surface area contributed by atoms with Gasteiger partial charge in [0.05, 0.1) is 11.9 Å². The minimum absolute atomic E-state index is 0.109. The Morgan fingerprint density at radius 1 is 1.47 bits per heavy atom. The van der Waals surface area contributed by atoms with E-state index in [1.54, 1.807) is 18.3 Å². The molecule has 1 aromatic heterocycles. The third-order valence-corrected chi connectivity index (χ3v) is 3.76. The molecule has 2 unspecified atom stereocenters. The Labute approximate surface area is 114 Å². The van der Waals surface area contributed by atoms with Crippen LogP contribution < -0.4 is 16.6 Å². The topological polar surface area (TPSA) is 80.0 Å². The number of hydrogen-bond acceptors (Lipinski definition) is 4. The zero-order valence-corrected chi connectivity index (χ0v) is 11.4. The van der Waals surface area contributed by atoms with Gasteiger partial charge in [-0.15, -0.1) is 0 Å². The average Bonchev–Trinajstić information content (AvgIpc) is 2.45. The van der Waals surface area contributed by atoms with Crippen molar-refractivity contribution in [2.75, 3.05) is 12.0 Å². The number of pyridine rings is 1. The highest BCUT2D eigenvalue weighted by atomic mass is 16.1. The number of carbonyl (C=O) groups excluding carboxylic acids is 1. The van der Waals surface area contributed by atoms with Crippen LogP contribution in [0.15, 0.2) is 18.3 Å². The van der Waals surface area contributed by atoms with E-state index >= 15 is 0 Å². The Kier molecular flexibility index (Phi) is 4.74. The van der Waals surface area contributed by atoms with Crippen LogP contribution in [0.3, 0.4) is 0 Å². The van der Waals surface area contributed by atoms with Crippen molar-refractivity contribution >= 4 is 11.6 Å². The molecular weight excluding hydrogens is 240 g/mol. The molecule has 1 aliphatic carbocycles. The molecule has 0 aromatic carbocycles. The van der Waals surface area contributed by atoms with Gasteiger partial charge in [0.2, 0.25) is 0 Å². The highest BCUT2D eigenvalue weighted by Crippen LogP contribution is 2.27. The first kappa shape index (κ1) is 13.8. The summed E-state index contributed by atoms with van der Waals surface area (Å²) in [5, 5.41) is 2.97. The second-order valence-corrected chi connectivity index (χ2v) is 5.42. The fraction of sp³-hybridized carbons (Fsp3) is 0.571. The lowest BCUT2D eigenvalue weighted by Crippen LogP contribution is -2.32. The number of nitrogens with one attached hydrogen (secondary N) is 2. The molecule has 1 aliphatic rings. The van der Waals surface area contributed by atoms with Gasteiger partial charge in [0, 0.05) is 6.54 Å². The first-order valence-electron chi connectivity index (χ1n) is 6.90. The zero-order valence-electron chi connectivity index (χ0n) is 11.4. The van der Waals surface area contributed by atoms with E-state index in [0.717, 1.165) is 12.5 Å². The van der Waals surface area contributed by atoms with Crippen LogP contribution in [-0.2, 0) is 0 Å². The average molecular weight is 262 g/mol. The van der Waals surface area contributed by atoms with E-state index in [1.807, 2.05) is 0 Å². The third-order valence-electron chi connectivity index (χ3n) is 3.76. The van der Waals surface area contributed by atoms with Gasteiger partial charge in [-0.1, -0.05) is 19.8 Å². The summed E-state index contributed by atoms with van der Waals surface area (Å²) < 4.78 is 0. The van der Waals surface area contributed by atoms with Crippen molar-refractivity contribution < 1.29 is 4.79 Å². The number of hydrogen-bond donors (Lipinski definition) is 3. The van der Waals surface area contributed by atoms with Crippen molar-refractivity contribution in [3.05, 3.63) is 24.0 Å². The van der Waals surface area contributed by atoms with E-state index in [2.05, 4.69) is 22.7 Å². The second kappa shape index (κ2) is 6.52. The summed E-state index contributed by atoms with van der Waals surface area (Å²) >= 11 is 0. The number of aromatic nitrogens is 1. The summed E-state index contributed by atoms with van der Waals surface area (Å²) in [5.41, 5.74) is 3.61. The lowest BCUT2D eigenvalue weighted by atomic mass is 9.82. The molecule has 0 bridgehead atoms. The van der Waals surface area contributed by atoms with Crippen LogP contribution >= 0.6 is 0 Å². The summed E-state index contributed by atoms with van der Waals surface area (Å²) in [6, 6.07) is 3.42. The van der Waals surface area contributed by atoms with Crippen molar-refractivity contribution in [3.8, 4) is 0 Å². The smallest absolute Gasteiger partial charge is 0.269 e. The van der Waals surface area contributed by atoms with Gasteiger partial charge in [-0.3, -0.25) is 10.6 Å². The number of nitrogens with two attached hydrogens (primary N) is 1. The van der Waals surface area contributed by atoms with Gasteiger partial charge in [-0.05, 0) is 36.8 Å². The van der Waals surface area contributed by atoms with Gasteiger partial charge in [0.1, 0.15) is 5.69 Å². The molecule has 1 amide bonds. The molecule has 2 atom stereocenters. The quantitative estimate of drug-likeness (QED) is 0.572. The summed E-state index contributed by atoms with van der Waals surface area (Å²) in [7, 11) is 0. The second-order valence-electron chi connectivity index (χ2n) is 5.42. The maximum absolute atomic E-state index is 11.9. The molecule has 0 radical (unpaired) electrons. The van der Waals surface area contributed by atoms with E-state index < -0.39 is 0 Å². The van der Waals surface area contributed by atoms with Crippen molar-refractivity contribution in [2.24, 2.45) is 17.7 Å². The molecule has 1 aromatic rings. The number of nitrogen functional groups attached to an aromatic ring is 1. The van der Waals surface area contributed by atoms with Crippen molar-refractivity contribution in [3.63, 3.8) is 0 Å². The maximum atomic E-state index is 11.9. The maximum Gasteiger partial charge on any atom is 0.269 e. The molecule has 4 N–H and O–H groups in total. The molecule has 5 heteroatoms. The molecular formula is C14H22N4O. The van der Waals surface area contributed by atoms with Gasteiger partial charge in [-0.2, -0.15) is 0 Å². The molecule has 0 aliphatic heterocycles. The minimum Gasteiger partial charge on any atom is -0.350 e. The summed E-state index contributed by atoms with van der Waals surface area (Å²) in [6.45, 7) is 3.04. The Hall–Kier alpha value is -1.62. The van der Waals surface area contributed by atoms with Crippen LogP contribution in [0.25, 0.3) is 0 Å². The number of anilines is 1. The molecule has 1 heterocycles. The van der Waals surface area contributed by atoms with E-state index in [1.165, 1.54) is 25.7 Å². The molecule has 5 nitrogen and oxygen atoms in total. The fourth-order valence-corrected chi connectivity index (χ4v) is 2.69. The predicted octanol–water partition coefficient (Wildman–Crippen LogP) is 1.92. The first-order chi connectivity index (χ1) is 9.19.